The van der Waals surface area contributed by atoms with E-state index in [2.05, 4.69) is 44.2 Å². The molecule has 2 heteroatoms. The summed E-state index contributed by atoms with van der Waals surface area (Å²) in [5, 5.41) is 0. The van der Waals surface area contributed by atoms with Gasteiger partial charge in [0.2, 0.25) is 0 Å². The van der Waals surface area contributed by atoms with E-state index in [1.165, 1.54) is 44.0 Å². The molecule has 2 fully saturated rings. The van der Waals surface area contributed by atoms with E-state index in [0.29, 0.717) is 17.3 Å². The number of hydrogen-bond acceptors (Lipinski definition) is 2. The number of carbonyl (C=O) groups excluding carboxylic acids is 2. The normalized spacial score (nSPS) is 34.9. The van der Waals surface area contributed by atoms with Crippen LogP contribution in [0.5, 0.6) is 0 Å². The second kappa shape index (κ2) is 7.21. The van der Waals surface area contributed by atoms with Gasteiger partial charge in [-0.3, -0.25) is 0 Å². The van der Waals surface area contributed by atoms with Crippen LogP contribution in [0.1, 0.15) is 57.4 Å². The van der Waals surface area contributed by atoms with E-state index in [1.54, 1.807) is 0 Å². The number of hydrogen-bond donors (Lipinski definition) is 0. The molecule has 0 heterocycles. The van der Waals surface area contributed by atoms with Gasteiger partial charge in [0, 0.05) is 5.92 Å². The molecule has 0 aliphatic heterocycles. The lowest BCUT2D eigenvalue weighted by Gasteiger charge is -2.46. The Hall–Kier alpha value is -1.44. The summed E-state index contributed by atoms with van der Waals surface area (Å²) in [4.78, 5) is 19.3. The Morgan fingerprint density at radius 2 is 1.86 bits per heavy atom. The predicted octanol–water partition coefficient (Wildman–Crippen LogP) is 4.64. The molecule has 22 heavy (non-hydrogen) atoms. The van der Waals surface area contributed by atoms with Gasteiger partial charge in [-0.15, -0.1) is 0 Å². The van der Waals surface area contributed by atoms with Crippen LogP contribution < -0.4 is 0 Å². The average Bonchev–Trinajstić information content (AvgIpc) is 2.93. The summed E-state index contributed by atoms with van der Waals surface area (Å²) in [6.45, 7) is 6.59. The van der Waals surface area contributed by atoms with Crippen molar-refractivity contribution in [3.8, 4) is 0 Å². The molecule has 2 saturated carbocycles. The van der Waals surface area contributed by atoms with Crippen molar-refractivity contribution in [2.45, 2.75) is 51.9 Å². The topological polar surface area (TPSA) is 34.1 Å². The number of rotatable bonds is 3. The molecule has 1 aromatic carbocycles. The summed E-state index contributed by atoms with van der Waals surface area (Å²) in [6, 6.07) is 11.0. The highest BCUT2D eigenvalue weighted by molar-refractivity contribution is 5.53. The number of fused-ring (bicyclic) bond motifs is 1. The zero-order valence-electron chi connectivity index (χ0n) is 13.8. The van der Waals surface area contributed by atoms with Gasteiger partial charge in [-0.2, -0.15) is 0 Å². The first-order valence-corrected chi connectivity index (χ1v) is 8.46. The first-order chi connectivity index (χ1) is 10.7. The fraction of sp³-hybridized carbons (Fsp3) is 0.600. The van der Waals surface area contributed by atoms with Crippen LogP contribution in [0, 0.1) is 23.2 Å². The molecule has 3 rings (SSSR count). The van der Waals surface area contributed by atoms with Crippen molar-refractivity contribution in [2.24, 2.45) is 23.2 Å². The Kier molecular flexibility index (Phi) is 5.55. The van der Waals surface area contributed by atoms with Gasteiger partial charge in [-0.05, 0) is 54.4 Å². The Morgan fingerprint density at radius 3 is 2.50 bits per heavy atom. The van der Waals surface area contributed by atoms with Crippen LogP contribution in [0.4, 0.5) is 0 Å². The Morgan fingerprint density at radius 1 is 1.18 bits per heavy atom. The summed E-state index contributed by atoms with van der Waals surface area (Å²) in [6.07, 6.45) is 7.68. The van der Waals surface area contributed by atoms with Gasteiger partial charge in [0.05, 0.1) is 0 Å². The Labute approximate surface area is 134 Å². The molecule has 2 nitrogen and oxygen atoms in total. The lowest BCUT2D eigenvalue weighted by molar-refractivity contribution is -0.113. The molecule has 5 atom stereocenters. The largest absolute Gasteiger partial charge is 0.307 e. The van der Waals surface area contributed by atoms with Gasteiger partial charge in [-0.25, -0.2) is 0 Å². The molecular weight excluding hydrogens is 272 g/mol. The third-order valence-electron chi connectivity index (χ3n) is 6.28. The van der Waals surface area contributed by atoms with E-state index in [9.17, 15) is 4.79 Å². The summed E-state index contributed by atoms with van der Waals surface area (Å²) < 4.78 is 0. The fourth-order valence-corrected chi connectivity index (χ4v) is 5.29. The van der Waals surface area contributed by atoms with Gasteiger partial charge >= 0.3 is 0 Å². The molecular formula is C20H28O2. The molecule has 2 aliphatic rings. The fourth-order valence-electron chi connectivity index (χ4n) is 5.29. The minimum absolute atomic E-state index is 0.222. The average molecular weight is 300 g/mol. The second-order valence-corrected chi connectivity index (χ2v) is 7.20. The van der Waals surface area contributed by atoms with Crippen molar-refractivity contribution in [2.75, 3.05) is 0 Å². The molecule has 0 radical (unpaired) electrons. The van der Waals surface area contributed by atoms with E-state index in [-0.39, 0.29) is 5.92 Å². The SMILES string of the molecule is C=O.C[C@H](C=O)C1CCC2C(c3ccccc3)CCC[C@@]21C. The van der Waals surface area contributed by atoms with Crippen LogP contribution in [0.25, 0.3) is 0 Å². The summed E-state index contributed by atoms with van der Waals surface area (Å²) in [5.74, 6) is 2.29. The molecule has 0 saturated heterocycles. The van der Waals surface area contributed by atoms with E-state index in [4.69, 9.17) is 4.79 Å². The summed E-state index contributed by atoms with van der Waals surface area (Å²) >= 11 is 0. The highest BCUT2D eigenvalue weighted by Crippen LogP contribution is 2.61. The van der Waals surface area contributed by atoms with Crippen molar-refractivity contribution in [1.29, 1.82) is 0 Å². The van der Waals surface area contributed by atoms with Crippen molar-refractivity contribution in [3.63, 3.8) is 0 Å². The van der Waals surface area contributed by atoms with E-state index < -0.39 is 0 Å². The molecule has 1 aromatic rings. The molecule has 0 N–H and O–H groups in total. The van der Waals surface area contributed by atoms with Crippen molar-refractivity contribution >= 4 is 13.1 Å². The predicted molar refractivity (Wildman–Crippen MR) is 89.7 cm³/mol. The molecule has 2 aliphatic carbocycles. The van der Waals surface area contributed by atoms with Gasteiger partial charge < -0.3 is 9.59 Å². The van der Waals surface area contributed by atoms with Crippen LogP contribution in [0.15, 0.2) is 30.3 Å². The number of benzene rings is 1. The van der Waals surface area contributed by atoms with Crippen LogP contribution in [-0.2, 0) is 9.59 Å². The van der Waals surface area contributed by atoms with Gasteiger partial charge in [0.25, 0.3) is 0 Å². The molecule has 3 unspecified atom stereocenters. The molecule has 0 aromatic heterocycles. The van der Waals surface area contributed by atoms with Gasteiger partial charge in [0.1, 0.15) is 13.1 Å². The molecule has 0 spiro atoms. The third kappa shape index (κ3) is 2.88. The standard InChI is InChI=1S/C19H26O.CH2O/c1-14(13-20)17-10-11-18-16(9-6-12-19(17,18)2)15-7-4-3-5-8-15;1-2/h3-5,7-8,13-14,16-18H,6,9-12H2,1-2H3;1H2/t14-,16?,17?,18?,19-;/m1./s1. The summed E-state index contributed by atoms with van der Waals surface area (Å²) in [5.41, 5.74) is 1.89. The maximum atomic E-state index is 11.3. The van der Waals surface area contributed by atoms with Gasteiger partial charge in [-0.1, -0.05) is 50.6 Å². The smallest absolute Gasteiger partial charge is 0.123 e. The van der Waals surface area contributed by atoms with Gasteiger partial charge in [0.15, 0.2) is 0 Å². The lowest BCUT2D eigenvalue weighted by Crippen LogP contribution is -2.38. The third-order valence-corrected chi connectivity index (χ3v) is 6.28. The summed E-state index contributed by atoms with van der Waals surface area (Å²) in [7, 11) is 0. The van der Waals surface area contributed by atoms with E-state index in [0.717, 1.165) is 5.92 Å². The van der Waals surface area contributed by atoms with Crippen LogP contribution >= 0.6 is 0 Å². The number of carbonyl (C=O) groups is 2. The van der Waals surface area contributed by atoms with Crippen molar-refractivity contribution in [1.82, 2.24) is 0 Å². The minimum Gasteiger partial charge on any atom is -0.307 e. The zero-order chi connectivity index (χ0) is 16.2. The second-order valence-electron chi connectivity index (χ2n) is 7.20. The maximum absolute atomic E-state index is 11.3. The van der Waals surface area contributed by atoms with Crippen LogP contribution in [-0.4, -0.2) is 13.1 Å². The molecule has 0 amide bonds. The van der Waals surface area contributed by atoms with Crippen molar-refractivity contribution in [3.05, 3.63) is 35.9 Å². The minimum atomic E-state index is 0.222. The first-order valence-electron chi connectivity index (χ1n) is 8.46. The quantitative estimate of drug-likeness (QED) is 0.762. The van der Waals surface area contributed by atoms with Crippen LogP contribution in [0.2, 0.25) is 0 Å². The zero-order valence-corrected chi connectivity index (χ0v) is 13.8. The van der Waals surface area contributed by atoms with Crippen LogP contribution in [0.3, 0.4) is 0 Å². The van der Waals surface area contributed by atoms with E-state index in [1.807, 2.05) is 6.79 Å². The van der Waals surface area contributed by atoms with E-state index >= 15 is 0 Å². The Bertz CT molecular complexity index is 484. The highest BCUT2D eigenvalue weighted by Gasteiger charge is 2.52. The first kappa shape index (κ1) is 16.9. The highest BCUT2D eigenvalue weighted by atomic mass is 16.1. The Balaban J connectivity index is 0.000000847. The monoisotopic (exact) mass is 300 g/mol. The lowest BCUT2D eigenvalue weighted by atomic mass is 9.58. The van der Waals surface area contributed by atoms with Crippen molar-refractivity contribution < 1.29 is 9.59 Å². The molecule has 120 valence electrons. The maximum Gasteiger partial charge on any atom is 0.123 e. The molecule has 0 bridgehead atoms. The number of aldehydes is 1.